The minimum absolute atomic E-state index is 0.0836. The number of carbonyl (C=O) groups is 2. The first-order valence-corrected chi connectivity index (χ1v) is 28.6. The summed E-state index contributed by atoms with van der Waals surface area (Å²) in [5.41, 5.74) is 0. The van der Waals surface area contributed by atoms with Crippen LogP contribution in [0.2, 0.25) is 0 Å². The maximum absolute atomic E-state index is 12.9. The summed E-state index contributed by atoms with van der Waals surface area (Å²) in [6.07, 6.45) is 36.6. The molecule has 1 rings (SSSR count). The molecule has 0 bridgehead atoms. The Kier molecular flexibility index (Phi) is 40.8. The van der Waals surface area contributed by atoms with E-state index in [0.29, 0.717) is 12.8 Å². The Morgan fingerprint density at radius 2 is 0.806 bits per heavy atom. The number of esters is 2. The van der Waals surface area contributed by atoms with Crippen LogP contribution >= 0.6 is 7.82 Å². The van der Waals surface area contributed by atoms with E-state index in [2.05, 4.69) is 38.2 Å². The molecule has 0 aromatic carbocycles. The van der Waals surface area contributed by atoms with E-state index in [-0.39, 0.29) is 12.8 Å². The second kappa shape index (κ2) is 43.1. The van der Waals surface area contributed by atoms with Crippen molar-refractivity contribution in [2.75, 3.05) is 13.2 Å². The van der Waals surface area contributed by atoms with Gasteiger partial charge in [0, 0.05) is 12.8 Å². The van der Waals surface area contributed by atoms with Crippen LogP contribution in [-0.2, 0) is 32.7 Å². The molecule has 0 aromatic heterocycles. The molecule has 0 saturated heterocycles. The molecule has 0 aliphatic heterocycles. The van der Waals surface area contributed by atoms with Crippen LogP contribution in [0.15, 0.2) is 24.3 Å². The molecule has 6 unspecified atom stereocenters. The van der Waals surface area contributed by atoms with Gasteiger partial charge in [0.05, 0.1) is 6.61 Å². The SMILES string of the molecule is CCCCC/C=C\C/C=C\CCCCCCCC(=O)OC(COC(=O)CCCCCCCCCCCCCCCCCCCCCCCCC)COP(=O)(O)OC1C(O)C(O)C(O)C(O)C1O. The predicted octanol–water partition coefficient (Wildman–Crippen LogP) is 12.0. The van der Waals surface area contributed by atoms with Crippen molar-refractivity contribution < 1.29 is 63.1 Å². The van der Waals surface area contributed by atoms with Gasteiger partial charge in [-0.3, -0.25) is 18.6 Å². The molecule has 1 aliphatic rings. The summed E-state index contributed by atoms with van der Waals surface area (Å²) in [7, 11) is -5.12. The molecule has 0 heterocycles. The van der Waals surface area contributed by atoms with Crippen LogP contribution < -0.4 is 0 Å². The fourth-order valence-electron chi connectivity index (χ4n) is 8.44. The van der Waals surface area contributed by atoms with Gasteiger partial charge in [-0.05, 0) is 44.9 Å². The van der Waals surface area contributed by atoms with Crippen molar-refractivity contribution in [3.8, 4) is 0 Å². The van der Waals surface area contributed by atoms with Crippen LogP contribution in [0.25, 0.3) is 0 Å². The van der Waals surface area contributed by atoms with Gasteiger partial charge in [0.2, 0.25) is 0 Å². The topological polar surface area (TPSA) is 210 Å². The molecule has 0 amide bonds. The molecule has 1 aliphatic carbocycles. The van der Waals surface area contributed by atoms with Gasteiger partial charge in [-0.15, -0.1) is 0 Å². The Hall–Kier alpha value is -1.67. The van der Waals surface area contributed by atoms with Gasteiger partial charge in [-0.2, -0.15) is 0 Å². The van der Waals surface area contributed by atoms with Crippen LogP contribution in [0.4, 0.5) is 0 Å². The predicted molar refractivity (Wildman–Crippen MR) is 267 cm³/mol. The average Bonchev–Trinajstić information content (AvgIpc) is 3.31. The van der Waals surface area contributed by atoms with Crippen molar-refractivity contribution in [1.82, 2.24) is 0 Å². The second-order valence-electron chi connectivity index (χ2n) is 19.1. The average molecular weight is 975 g/mol. The molecule has 0 spiro atoms. The summed E-state index contributed by atoms with van der Waals surface area (Å²) in [5.74, 6) is -1.10. The van der Waals surface area contributed by atoms with E-state index in [1.54, 1.807) is 0 Å². The summed E-state index contributed by atoms with van der Waals surface area (Å²) in [6, 6.07) is 0. The summed E-state index contributed by atoms with van der Waals surface area (Å²) in [6.45, 7) is 3.30. The van der Waals surface area contributed by atoms with Crippen LogP contribution in [0, 0.1) is 0 Å². The Balaban J connectivity index is 2.33. The number of phosphoric acid groups is 1. The number of unbranched alkanes of at least 4 members (excludes halogenated alkanes) is 30. The molecular formula is C53H99O13P. The molecule has 67 heavy (non-hydrogen) atoms. The van der Waals surface area contributed by atoms with Crippen molar-refractivity contribution in [3.05, 3.63) is 24.3 Å². The van der Waals surface area contributed by atoms with E-state index in [4.69, 9.17) is 18.5 Å². The monoisotopic (exact) mass is 975 g/mol. The summed E-state index contributed by atoms with van der Waals surface area (Å²) in [4.78, 5) is 35.9. The van der Waals surface area contributed by atoms with E-state index in [1.807, 2.05) is 0 Å². The third kappa shape index (κ3) is 35.1. The van der Waals surface area contributed by atoms with Gasteiger partial charge < -0.3 is 39.9 Å². The second-order valence-corrected chi connectivity index (χ2v) is 20.5. The van der Waals surface area contributed by atoms with E-state index in [1.165, 1.54) is 141 Å². The van der Waals surface area contributed by atoms with Gasteiger partial charge in [0.15, 0.2) is 6.10 Å². The van der Waals surface area contributed by atoms with Crippen molar-refractivity contribution in [2.24, 2.45) is 0 Å². The highest BCUT2D eigenvalue weighted by atomic mass is 31.2. The maximum atomic E-state index is 12.9. The standard InChI is InChI=1S/C53H99O13P/c1-3-5-7-9-11-13-15-17-19-20-21-22-23-24-25-26-28-29-31-33-35-37-39-41-46(54)63-43-45(44-64-67(61,62)66-53-51(59)49(57)48(56)50(58)52(53)60)65-47(55)42-40-38-36-34-32-30-27-18-16-14-12-10-8-6-4-2/h12,14,18,27,45,48-53,56-60H,3-11,13,15-17,19-26,28-44H2,1-2H3,(H,61,62)/b14-12-,27-18-. The lowest BCUT2D eigenvalue weighted by molar-refractivity contribution is -0.220. The fourth-order valence-corrected chi connectivity index (χ4v) is 9.41. The minimum Gasteiger partial charge on any atom is -0.462 e. The van der Waals surface area contributed by atoms with Gasteiger partial charge in [-0.1, -0.05) is 212 Å². The van der Waals surface area contributed by atoms with Gasteiger partial charge in [0.1, 0.15) is 43.2 Å². The first kappa shape index (κ1) is 63.3. The number of rotatable bonds is 46. The number of aliphatic hydroxyl groups is 5. The van der Waals surface area contributed by atoms with Gasteiger partial charge >= 0.3 is 19.8 Å². The highest BCUT2D eigenvalue weighted by molar-refractivity contribution is 7.47. The lowest BCUT2D eigenvalue weighted by Gasteiger charge is -2.41. The van der Waals surface area contributed by atoms with E-state index >= 15 is 0 Å². The van der Waals surface area contributed by atoms with Gasteiger partial charge in [-0.25, -0.2) is 4.57 Å². The van der Waals surface area contributed by atoms with Crippen LogP contribution in [0.3, 0.4) is 0 Å². The zero-order chi connectivity index (χ0) is 49.2. The first-order chi connectivity index (χ1) is 32.4. The Bertz CT molecular complexity index is 1270. The molecule has 1 fully saturated rings. The minimum atomic E-state index is -5.12. The Morgan fingerprint density at radius 1 is 0.463 bits per heavy atom. The van der Waals surface area contributed by atoms with E-state index in [0.717, 1.165) is 64.2 Å². The van der Waals surface area contributed by atoms with Crippen molar-refractivity contribution >= 4 is 19.8 Å². The number of allylic oxidation sites excluding steroid dienone is 4. The zero-order valence-electron chi connectivity index (χ0n) is 42.2. The summed E-state index contributed by atoms with van der Waals surface area (Å²) < 4.78 is 33.7. The Labute approximate surface area is 406 Å². The smallest absolute Gasteiger partial charge is 0.462 e. The molecule has 1 saturated carbocycles. The summed E-state index contributed by atoms with van der Waals surface area (Å²) in [5, 5.41) is 50.3. The Morgan fingerprint density at radius 3 is 1.24 bits per heavy atom. The van der Waals surface area contributed by atoms with Crippen molar-refractivity contribution in [3.63, 3.8) is 0 Å². The number of carbonyl (C=O) groups excluding carboxylic acids is 2. The lowest BCUT2D eigenvalue weighted by atomic mass is 9.85. The molecular weight excluding hydrogens is 876 g/mol. The highest BCUT2D eigenvalue weighted by Gasteiger charge is 2.51. The van der Waals surface area contributed by atoms with Gasteiger partial charge in [0.25, 0.3) is 0 Å². The van der Waals surface area contributed by atoms with Crippen molar-refractivity contribution in [2.45, 2.75) is 288 Å². The lowest BCUT2D eigenvalue weighted by Crippen LogP contribution is -2.64. The maximum Gasteiger partial charge on any atom is 0.472 e. The summed E-state index contributed by atoms with van der Waals surface area (Å²) >= 11 is 0. The zero-order valence-corrected chi connectivity index (χ0v) is 43.1. The largest absolute Gasteiger partial charge is 0.472 e. The number of ether oxygens (including phenoxy) is 2. The third-order valence-corrected chi connectivity index (χ3v) is 13.8. The normalized spacial score (nSPS) is 21.3. The van der Waals surface area contributed by atoms with Crippen LogP contribution in [0.5, 0.6) is 0 Å². The van der Waals surface area contributed by atoms with Crippen molar-refractivity contribution in [1.29, 1.82) is 0 Å². The molecule has 13 nitrogen and oxygen atoms in total. The molecule has 0 aromatic rings. The fraction of sp³-hybridized carbons (Fsp3) is 0.887. The number of hydrogen-bond donors (Lipinski definition) is 6. The van der Waals surface area contributed by atoms with E-state index in [9.17, 15) is 44.6 Å². The number of aliphatic hydroxyl groups excluding tert-OH is 5. The number of hydrogen-bond acceptors (Lipinski definition) is 12. The van der Waals surface area contributed by atoms with Crippen LogP contribution in [-0.4, -0.2) is 98.3 Å². The number of phosphoric ester groups is 1. The molecule has 6 atom stereocenters. The van der Waals surface area contributed by atoms with E-state index < -0.39 is 75.7 Å². The molecule has 394 valence electrons. The first-order valence-electron chi connectivity index (χ1n) is 27.1. The molecule has 0 radical (unpaired) electrons. The van der Waals surface area contributed by atoms with Crippen LogP contribution in [0.1, 0.15) is 245 Å². The highest BCUT2D eigenvalue weighted by Crippen LogP contribution is 2.47. The quantitative estimate of drug-likeness (QED) is 0.0145. The molecule has 14 heteroatoms. The third-order valence-electron chi connectivity index (χ3n) is 12.8. The molecule has 6 N–H and O–H groups in total.